The Morgan fingerprint density at radius 2 is 1.94 bits per heavy atom. The molecule has 3 heterocycles. The molecule has 2 aromatic rings. The topological polar surface area (TPSA) is 131 Å². The zero-order chi connectivity index (χ0) is 24.1. The minimum atomic E-state index is -0.714. The van der Waals surface area contributed by atoms with Crippen molar-refractivity contribution in [2.45, 2.75) is 44.9 Å². The van der Waals surface area contributed by atoms with E-state index in [1.54, 1.807) is 25.1 Å². The monoisotopic (exact) mass is 468 g/mol. The first-order valence-corrected chi connectivity index (χ1v) is 11.7. The number of nitrogens with one attached hydrogen (secondary N) is 2. The van der Waals surface area contributed by atoms with Crippen molar-refractivity contribution in [3.63, 3.8) is 0 Å². The van der Waals surface area contributed by atoms with Crippen LogP contribution in [0.2, 0.25) is 0 Å². The molecule has 10 nitrogen and oxygen atoms in total. The first-order valence-electron chi connectivity index (χ1n) is 11.7. The Kier molecular flexibility index (Phi) is 7.59. The fraction of sp³-hybridized carbons (Fsp3) is 0.500. The number of phenols is 1. The number of aliphatic hydroxyl groups is 1. The number of carbonyl (C=O) groups is 2. The third-order valence-electron chi connectivity index (χ3n) is 6.44. The van der Waals surface area contributed by atoms with Crippen molar-refractivity contribution in [1.82, 2.24) is 25.1 Å². The van der Waals surface area contributed by atoms with Gasteiger partial charge in [-0.1, -0.05) is 6.07 Å². The number of amides is 2. The van der Waals surface area contributed by atoms with Gasteiger partial charge < -0.3 is 25.7 Å². The standard InChI is InChI=1S/C24H32N6O4/c1-16(31)30-8-5-19(6-9-30)28-23-11-22(26-15-27-23)24(34)25-12-21(33)14-29-7-4-17-10-20(32)3-2-18(17)13-29/h2-3,10-11,15,19,21,32-33H,4-9,12-14H2,1H3,(H,25,34)(H,26,27,28)/t21-/m0/s1. The van der Waals surface area contributed by atoms with Crippen molar-refractivity contribution in [2.24, 2.45) is 0 Å². The van der Waals surface area contributed by atoms with E-state index in [2.05, 4.69) is 25.5 Å². The van der Waals surface area contributed by atoms with Crippen LogP contribution < -0.4 is 10.6 Å². The summed E-state index contributed by atoms with van der Waals surface area (Å²) < 4.78 is 0. The lowest BCUT2D eigenvalue weighted by molar-refractivity contribution is -0.129. The molecule has 10 heteroatoms. The Hall–Kier alpha value is -3.24. The minimum Gasteiger partial charge on any atom is -0.508 e. The molecule has 1 atom stereocenters. The molecule has 1 fully saturated rings. The number of aromatic hydroxyl groups is 1. The van der Waals surface area contributed by atoms with E-state index in [1.165, 1.54) is 6.33 Å². The highest BCUT2D eigenvalue weighted by Crippen LogP contribution is 2.23. The second-order valence-corrected chi connectivity index (χ2v) is 9.02. The minimum absolute atomic E-state index is 0.0898. The Labute approximate surface area is 199 Å². The summed E-state index contributed by atoms with van der Waals surface area (Å²) in [6.07, 6.45) is 3.08. The van der Waals surface area contributed by atoms with Crippen LogP contribution in [-0.2, 0) is 17.8 Å². The van der Waals surface area contributed by atoms with Gasteiger partial charge in [-0.25, -0.2) is 9.97 Å². The smallest absolute Gasteiger partial charge is 0.270 e. The maximum Gasteiger partial charge on any atom is 0.270 e. The average Bonchev–Trinajstić information content (AvgIpc) is 2.83. The maximum absolute atomic E-state index is 12.6. The number of piperidine rings is 1. The normalized spacial score (nSPS) is 17.6. The van der Waals surface area contributed by atoms with Gasteiger partial charge in [0.15, 0.2) is 0 Å². The molecule has 1 aromatic heterocycles. The van der Waals surface area contributed by atoms with Crippen molar-refractivity contribution < 1.29 is 19.8 Å². The van der Waals surface area contributed by atoms with Gasteiger partial charge in [0, 0.05) is 58.3 Å². The molecule has 34 heavy (non-hydrogen) atoms. The molecule has 2 amide bonds. The van der Waals surface area contributed by atoms with E-state index in [0.717, 1.165) is 36.9 Å². The maximum atomic E-state index is 12.6. The molecule has 2 aliphatic heterocycles. The first-order chi connectivity index (χ1) is 16.4. The van der Waals surface area contributed by atoms with Crippen LogP contribution in [0.1, 0.15) is 41.4 Å². The number of hydrogen-bond acceptors (Lipinski definition) is 8. The number of carbonyl (C=O) groups excluding carboxylic acids is 2. The van der Waals surface area contributed by atoms with Gasteiger partial charge in [-0.15, -0.1) is 0 Å². The number of β-amino-alcohol motifs (C(OH)–C–C–N with tert-alkyl or cyclic N) is 1. The van der Waals surface area contributed by atoms with Crippen molar-refractivity contribution >= 4 is 17.6 Å². The van der Waals surface area contributed by atoms with E-state index in [4.69, 9.17) is 0 Å². The molecule has 2 aliphatic rings. The second kappa shape index (κ2) is 10.8. The largest absolute Gasteiger partial charge is 0.508 e. The number of rotatable bonds is 7. The highest BCUT2D eigenvalue weighted by molar-refractivity contribution is 5.92. The SMILES string of the molecule is CC(=O)N1CCC(Nc2cc(C(=O)NC[C@H](O)CN3CCc4cc(O)ccc4C3)ncn2)CC1. The second-order valence-electron chi connectivity index (χ2n) is 9.02. The molecule has 0 unspecified atom stereocenters. The van der Waals surface area contributed by atoms with Crippen LogP contribution in [0, 0.1) is 0 Å². The fourth-order valence-corrected chi connectivity index (χ4v) is 4.53. The van der Waals surface area contributed by atoms with Gasteiger partial charge in [-0.3, -0.25) is 14.5 Å². The van der Waals surface area contributed by atoms with Crippen LogP contribution in [0.25, 0.3) is 0 Å². The van der Waals surface area contributed by atoms with E-state index < -0.39 is 6.10 Å². The van der Waals surface area contributed by atoms with Crippen LogP contribution in [-0.4, -0.2) is 86.7 Å². The van der Waals surface area contributed by atoms with Gasteiger partial charge in [0.05, 0.1) is 6.10 Å². The first kappa shape index (κ1) is 23.9. The number of hydrogen-bond donors (Lipinski definition) is 4. The van der Waals surface area contributed by atoms with E-state index in [-0.39, 0.29) is 35.8 Å². The number of fused-ring (bicyclic) bond motifs is 1. The van der Waals surface area contributed by atoms with Gasteiger partial charge in [0.2, 0.25) is 5.91 Å². The molecule has 4 N–H and O–H groups in total. The number of benzene rings is 1. The molecular formula is C24H32N6O4. The molecule has 0 radical (unpaired) electrons. The zero-order valence-corrected chi connectivity index (χ0v) is 19.4. The van der Waals surface area contributed by atoms with Crippen LogP contribution >= 0.6 is 0 Å². The summed E-state index contributed by atoms with van der Waals surface area (Å²) in [6, 6.07) is 7.18. The van der Waals surface area contributed by atoms with Gasteiger partial charge >= 0.3 is 0 Å². The third-order valence-corrected chi connectivity index (χ3v) is 6.44. The summed E-state index contributed by atoms with van der Waals surface area (Å²) in [5.74, 6) is 0.568. The molecule has 182 valence electrons. The zero-order valence-electron chi connectivity index (χ0n) is 19.4. The number of phenolic OH excluding ortho intramolecular Hbond substituents is 1. The molecule has 4 rings (SSSR count). The quantitative estimate of drug-likeness (QED) is 0.468. The Morgan fingerprint density at radius 1 is 1.15 bits per heavy atom. The molecular weight excluding hydrogens is 436 g/mol. The van der Waals surface area contributed by atoms with Crippen molar-refractivity contribution in [3.05, 3.63) is 47.4 Å². The fourth-order valence-electron chi connectivity index (χ4n) is 4.53. The number of aliphatic hydroxyl groups excluding tert-OH is 1. The summed E-state index contributed by atoms with van der Waals surface area (Å²) in [7, 11) is 0. The Balaban J connectivity index is 1.23. The summed E-state index contributed by atoms with van der Waals surface area (Å²) in [6.45, 7) is 5.03. The Bertz CT molecular complexity index is 1020. The number of anilines is 1. The van der Waals surface area contributed by atoms with E-state index in [0.29, 0.717) is 32.0 Å². The number of likely N-dealkylation sites (tertiary alicyclic amines) is 1. The van der Waals surface area contributed by atoms with Crippen LogP contribution in [0.3, 0.4) is 0 Å². The summed E-state index contributed by atoms with van der Waals surface area (Å²) in [5.41, 5.74) is 2.52. The van der Waals surface area contributed by atoms with Crippen molar-refractivity contribution in [2.75, 3.05) is 38.0 Å². The van der Waals surface area contributed by atoms with Crippen LogP contribution in [0.5, 0.6) is 5.75 Å². The summed E-state index contributed by atoms with van der Waals surface area (Å²) in [4.78, 5) is 36.3. The van der Waals surface area contributed by atoms with Crippen LogP contribution in [0.15, 0.2) is 30.6 Å². The highest BCUT2D eigenvalue weighted by atomic mass is 16.3. The summed E-state index contributed by atoms with van der Waals surface area (Å²) >= 11 is 0. The number of aromatic nitrogens is 2. The molecule has 0 spiro atoms. The van der Waals surface area contributed by atoms with E-state index in [1.807, 2.05) is 11.0 Å². The predicted octanol–water partition coefficient (Wildman–Crippen LogP) is 0.754. The van der Waals surface area contributed by atoms with Crippen molar-refractivity contribution in [3.8, 4) is 5.75 Å². The Morgan fingerprint density at radius 3 is 2.71 bits per heavy atom. The van der Waals surface area contributed by atoms with Gasteiger partial charge in [-0.2, -0.15) is 0 Å². The van der Waals surface area contributed by atoms with Crippen LogP contribution in [0.4, 0.5) is 5.82 Å². The highest BCUT2D eigenvalue weighted by Gasteiger charge is 2.22. The molecule has 0 saturated carbocycles. The third kappa shape index (κ3) is 6.21. The van der Waals surface area contributed by atoms with Gasteiger partial charge in [0.25, 0.3) is 5.91 Å². The lowest BCUT2D eigenvalue weighted by atomic mass is 9.99. The molecule has 1 saturated heterocycles. The van der Waals surface area contributed by atoms with Gasteiger partial charge in [-0.05, 0) is 42.5 Å². The summed E-state index contributed by atoms with van der Waals surface area (Å²) in [5, 5.41) is 26.2. The van der Waals surface area contributed by atoms with E-state index >= 15 is 0 Å². The van der Waals surface area contributed by atoms with Gasteiger partial charge in [0.1, 0.15) is 23.6 Å². The number of nitrogens with zero attached hydrogens (tertiary/aromatic N) is 4. The van der Waals surface area contributed by atoms with E-state index in [9.17, 15) is 19.8 Å². The predicted molar refractivity (Wildman–Crippen MR) is 126 cm³/mol. The molecule has 0 bridgehead atoms. The molecule has 0 aliphatic carbocycles. The lowest BCUT2D eigenvalue weighted by Gasteiger charge is -2.31. The van der Waals surface area contributed by atoms with Crippen molar-refractivity contribution in [1.29, 1.82) is 0 Å². The average molecular weight is 469 g/mol. The lowest BCUT2D eigenvalue weighted by Crippen LogP contribution is -2.42. The molecule has 1 aromatic carbocycles.